The Morgan fingerprint density at radius 3 is 2.03 bits per heavy atom. The van der Waals surface area contributed by atoms with Crippen LogP contribution in [0, 0.1) is 52.3 Å². The van der Waals surface area contributed by atoms with E-state index in [-0.39, 0.29) is 43.1 Å². The smallest absolute Gasteiger partial charge is 0.446 e. The zero-order chi connectivity index (χ0) is 50.0. The van der Waals surface area contributed by atoms with Gasteiger partial charge in [0, 0.05) is 19.3 Å². The average Bonchev–Trinajstić information content (AvgIpc) is 3.67. The van der Waals surface area contributed by atoms with Gasteiger partial charge in [0.25, 0.3) is 0 Å². The van der Waals surface area contributed by atoms with Gasteiger partial charge in [0.1, 0.15) is 17.9 Å². The lowest BCUT2D eigenvalue weighted by atomic mass is 9.47. The van der Waals surface area contributed by atoms with E-state index < -0.39 is 34.3 Å². The number of amides is 1. The molecule has 1 aromatic carbocycles. The first-order chi connectivity index (χ1) is 33.0. The Kier molecular flexibility index (Phi) is 22.9. The molecule has 5 rings (SSSR count). The highest BCUT2D eigenvalue weighted by Crippen LogP contribution is 2.67. The Bertz CT molecular complexity index is 1880. The third-order valence-corrected chi connectivity index (χ3v) is 18.5. The molecule has 1 aromatic rings. The second-order valence-electron chi connectivity index (χ2n) is 23.1. The maximum Gasteiger partial charge on any atom is 0.446 e. The molecule has 0 radical (unpaired) electrons. The molecule has 4 aliphatic carbocycles. The van der Waals surface area contributed by atoms with E-state index in [0.717, 1.165) is 80.5 Å². The van der Waals surface area contributed by atoms with E-state index in [1.165, 1.54) is 133 Å². The first-order valence-electron chi connectivity index (χ1n) is 28.1. The maximum atomic E-state index is 13.4. The number of ether oxygens (including phenoxy) is 2. The lowest BCUT2D eigenvalue weighted by Gasteiger charge is -2.58. The van der Waals surface area contributed by atoms with Crippen LogP contribution in [0.1, 0.15) is 227 Å². The molecule has 10 atom stereocenters. The van der Waals surface area contributed by atoms with Gasteiger partial charge in [-0.15, -0.1) is 0 Å². The Balaban J connectivity index is 1.06. The Hall–Kier alpha value is -2.92. The van der Waals surface area contributed by atoms with Crippen LogP contribution >= 0.6 is 0 Å². The van der Waals surface area contributed by atoms with E-state index >= 15 is 0 Å². The summed E-state index contributed by atoms with van der Waals surface area (Å²) in [7, 11) is -4.69. The third-order valence-electron chi connectivity index (χ3n) is 18.1. The number of hydrogen-bond donors (Lipinski definition) is 2. The Morgan fingerprint density at radius 2 is 1.42 bits per heavy atom. The highest BCUT2D eigenvalue weighted by molar-refractivity contribution is 7.81. The van der Waals surface area contributed by atoms with Crippen LogP contribution in [-0.4, -0.2) is 49.6 Å². The molecule has 0 aliphatic heterocycles. The van der Waals surface area contributed by atoms with Gasteiger partial charge in [-0.05, 0) is 128 Å². The maximum absolute atomic E-state index is 13.4. The van der Waals surface area contributed by atoms with Crippen molar-refractivity contribution < 1.29 is 41.0 Å². The summed E-state index contributed by atoms with van der Waals surface area (Å²) in [4.78, 5) is 40.0. The number of carbonyl (C=O) groups excluding carboxylic acids is 3. The molecule has 4 aliphatic rings. The number of nitrogens with one attached hydrogen (secondary N) is 1. The summed E-state index contributed by atoms with van der Waals surface area (Å²) < 4.78 is 47.7. The summed E-state index contributed by atoms with van der Waals surface area (Å²) >= 11 is 0. The van der Waals surface area contributed by atoms with Gasteiger partial charge in [-0.3, -0.25) is 14.1 Å². The predicted molar refractivity (Wildman–Crippen MR) is 277 cm³/mol. The number of benzene rings is 1. The second-order valence-corrected chi connectivity index (χ2v) is 24.1. The molecule has 2 N–H and O–H groups in total. The lowest BCUT2D eigenvalue weighted by Crippen LogP contribution is -2.51. The fourth-order valence-corrected chi connectivity index (χ4v) is 14.3. The van der Waals surface area contributed by atoms with Crippen LogP contribution in [0.2, 0.25) is 0 Å². The minimum Gasteiger partial charge on any atom is -0.464 e. The number of rotatable bonds is 31. The van der Waals surface area contributed by atoms with Gasteiger partial charge in [-0.25, -0.2) is 4.79 Å². The molecule has 2 unspecified atom stereocenters. The molecule has 0 aromatic heterocycles. The summed E-state index contributed by atoms with van der Waals surface area (Å²) in [6.07, 6.45) is 32.4. The van der Waals surface area contributed by atoms with Gasteiger partial charge >= 0.3 is 22.3 Å². The normalized spacial score (nSPS) is 26.7. The fourth-order valence-electron chi connectivity index (χ4n) is 13.9. The third kappa shape index (κ3) is 17.1. The zero-order valence-corrected chi connectivity index (χ0v) is 45.0. The van der Waals surface area contributed by atoms with Gasteiger partial charge in [-0.2, -0.15) is 8.42 Å². The van der Waals surface area contributed by atoms with E-state index in [1.54, 1.807) is 12.1 Å². The molecule has 0 saturated heterocycles. The second kappa shape index (κ2) is 27.8. The lowest BCUT2D eigenvalue weighted by molar-refractivity contribution is -0.152. The summed E-state index contributed by atoms with van der Waals surface area (Å²) in [5.74, 6) is 3.87. The van der Waals surface area contributed by atoms with Crippen molar-refractivity contribution in [3.05, 3.63) is 41.5 Å². The predicted octanol–water partition coefficient (Wildman–Crippen LogP) is 14.3. The first kappa shape index (κ1) is 57.0. The Labute approximate surface area is 419 Å². The molecule has 0 heterocycles. The standard InChI is InChI=1S/C58H95NO9S/c1-8-10-11-12-13-14-15-16-17-18-19-20-21-22-39-66-56(62)53(40-44-24-28-47(29-25-44)68-69(63,64)65)59-54(60)33-34-55(61)67-48-35-37-57(6)46(41-48)27-30-49-51-32-31-50(58(51,7)38-36-52(49)57)43(5)23-26-45(9-2)42(3)4/h24-25,27-29,42-43,45,48-53H,8-23,26,30-41H2,1-7H3,(H,59,60)(H,63,64,65)/t43?,45?,48-,49-,50+,51-,52-,53+,57-,58+/m0/s1. The monoisotopic (exact) mass is 982 g/mol. The topological polar surface area (TPSA) is 145 Å². The van der Waals surface area contributed by atoms with E-state index in [2.05, 4.69) is 64.0 Å². The molecular weight excluding hydrogens is 887 g/mol. The van der Waals surface area contributed by atoms with Gasteiger partial charge in [0.05, 0.1) is 13.0 Å². The summed E-state index contributed by atoms with van der Waals surface area (Å²) in [5.41, 5.74) is 2.65. The van der Waals surface area contributed by atoms with Crippen molar-refractivity contribution in [3.8, 4) is 5.75 Å². The molecule has 10 nitrogen and oxygen atoms in total. The number of carbonyl (C=O) groups is 3. The molecule has 3 fully saturated rings. The van der Waals surface area contributed by atoms with E-state index in [1.807, 2.05) is 0 Å². The first-order valence-corrected chi connectivity index (χ1v) is 29.4. The highest BCUT2D eigenvalue weighted by Gasteiger charge is 2.59. The fraction of sp³-hybridized carbons (Fsp3) is 0.810. The van der Waals surface area contributed by atoms with Crippen LogP contribution in [-0.2, 0) is 40.7 Å². The molecule has 3 saturated carbocycles. The molecule has 11 heteroatoms. The van der Waals surface area contributed by atoms with Gasteiger partial charge in [0.15, 0.2) is 0 Å². The molecular formula is C58H95NO9S. The van der Waals surface area contributed by atoms with E-state index in [0.29, 0.717) is 16.9 Å². The number of hydrogen-bond acceptors (Lipinski definition) is 8. The van der Waals surface area contributed by atoms with Crippen molar-refractivity contribution in [2.24, 2.45) is 52.3 Å². The van der Waals surface area contributed by atoms with Gasteiger partial charge in [-0.1, -0.05) is 169 Å². The van der Waals surface area contributed by atoms with E-state index in [4.69, 9.17) is 14.0 Å². The van der Waals surface area contributed by atoms with Crippen LogP contribution in [0.5, 0.6) is 5.75 Å². The van der Waals surface area contributed by atoms with Crippen molar-refractivity contribution >= 4 is 28.2 Å². The van der Waals surface area contributed by atoms with Crippen LogP contribution < -0.4 is 9.50 Å². The van der Waals surface area contributed by atoms with Crippen LogP contribution in [0.25, 0.3) is 0 Å². The van der Waals surface area contributed by atoms with Gasteiger partial charge < -0.3 is 19.0 Å². The van der Waals surface area contributed by atoms with Crippen LogP contribution in [0.15, 0.2) is 35.9 Å². The van der Waals surface area contributed by atoms with E-state index in [9.17, 15) is 22.8 Å². The molecule has 69 heavy (non-hydrogen) atoms. The summed E-state index contributed by atoms with van der Waals surface area (Å²) in [5, 5.41) is 2.79. The molecule has 0 bridgehead atoms. The average molecular weight is 982 g/mol. The SMILES string of the molecule is CCCCCCCCCCCCCCCCOC(=O)[C@@H](Cc1ccc(OS(=O)(=O)O)cc1)NC(=O)CCC(=O)O[C@H]1CC[C@@]2(C)C(=CC[C@H]3[C@@H]4CC[C@H](C(C)CCC(CC)C(C)C)[C@@]4(C)CC[C@@H]32)C1. The van der Waals surface area contributed by atoms with Crippen molar-refractivity contribution in [1.29, 1.82) is 0 Å². The molecule has 0 spiro atoms. The minimum atomic E-state index is -4.69. The van der Waals surface area contributed by atoms with Crippen molar-refractivity contribution in [2.75, 3.05) is 6.61 Å². The number of fused-ring (bicyclic) bond motifs is 5. The quantitative estimate of drug-likeness (QED) is 0.0321. The van der Waals surface area contributed by atoms with Gasteiger partial charge in [0.2, 0.25) is 5.91 Å². The molecule has 392 valence electrons. The highest BCUT2D eigenvalue weighted by atomic mass is 32.3. The van der Waals surface area contributed by atoms with Crippen molar-refractivity contribution in [2.45, 2.75) is 240 Å². The zero-order valence-electron chi connectivity index (χ0n) is 44.2. The Morgan fingerprint density at radius 1 is 0.783 bits per heavy atom. The van der Waals surface area contributed by atoms with Crippen molar-refractivity contribution in [1.82, 2.24) is 5.32 Å². The van der Waals surface area contributed by atoms with Crippen LogP contribution in [0.4, 0.5) is 0 Å². The molecule has 1 amide bonds. The number of esters is 2. The largest absolute Gasteiger partial charge is 0.464 e. The number of allylic oxidation sites excluding steroid dienone is 1. The van der Waals surface area contributed by atoms with Crippen LogP contribution in [0.3, 0.4) is 0 Å². The van der Waals surface area contributed by atoms with Crippen molar-refractivity contribution in [3.63, 3.8) is 0 Å². The summed E-state index contributed by atoms with van der Waals surface area (Å²) in [6.45, 7) is 17.3. The summed E-state index contributed by atoms with van der Waals surface area (Å²) in [6, 6.07) is 4.82. The number of unbranched alkanes of at least 4 members (excludes halogenated alkanes) is 13. The minimum absolute atomic E-state index is 0.0787.